The van der Waals surface area contributed by atoms with E-state index in [1.54, 1.807) is 0 Å². The minimum absolute atomic E-state index is 0.0622. The van der Waals surface area contributed by atoms with Gasteiger partial charge in [0.1, 0.15) is 13.2 Å². The van der Waals surface area contributed by atoms with Crippen LogP contribution < -0.4 is 0 Å². The summed E-state index contributed by atoms with van der Waals surface area (Å²) >= 11 is 0. The Hall–Kier alpha value is -1.59. The number of hydrogen-bond donors (Lipinski definition) is 0. The molecule has 0 aliphatic rings. The molecule has 0 spiro atoms. The van der Waals surface area contributed by atoms with Crippen LogP contribution in [0.3, 0.4) is 0 Å². The molecular weight excluding hydrogens is 793 g/mol. The smallest absolute Gasteiger partial charge is 0.306 e. The Morgan fingerprint density at radius 2 is 0.547 bits per heavy atom. The number of unbranched alkanes of at least 4 members (excludes halogenated alkanes) is 39. The fraction of sp³-hybridized carbons (Fsp3) is 0.948. The van der Waals surface area contributed by atoms with Crippen molar-refractivity contribution in [3.8, 4) is 0 Å². The summed E-state index contributed by atoms with van der Waals surface area (Å²) in [5.74, 6) is 0.0560. The van der Waals surface area contributed by atoms with E-state index in [-0.39, 0.29) is 31.1 Å². The Balaban J connectivity index is 4.17. The molecule has 64 heavy (non-hydrogen) atoms. The maximum absolute atomic E-state index is 12.8. The molecule has 6 heteroatoms. The standard InChI is InChI=1S/C58H112O6/c1-5-8-10-12-14-16-17-18-19-20-21-22-23-27-30-34-37-41-45-49-56(59)62-52-55(64-58(61)51-47-43-39-32-15-13-11-9-6-2)53-63-57(60)50-46-42-38-35-31-28-25-24-26-29-33-36-40-44-48-54(4)7-3/h54-55H,5-53H2,1-4H3/t54?,55-/m0/s1. The lowest BCUT2D eigenvalue weighted by atomic mass is 9.99. The number of hydrogen-bond acceptors (Lipinski definition) is 6. The summed E-state index contributed by atoms with van der Waals surface area (Å²) in [4.78, 5) is 38.0. The van der Waals surface area contributed by atoms with Gasteiger partial charge in [-0.15, -0.1) is 0 Å². The van der Waals surface area contributed by atoms with Gasteiger partial charge in [0.15, 0.2) is 6.10 Å². The lowest BCUT2D eigenvalue weighted by Crippen LogP contribution is -2.30. The zero-order valence-corrected chi connectivity index (χ0v) is 43.8. The first-order valence-corrected chi connectivity index (χ1v) is 28.9. The minimum Gasteiger partial charge on any atom is -0.462 e. The predicted octanol–water partition coefficient (Wildman–Crippen LogP) is 19.0. The van der Waals surface area contributed by atoms with Crippen molar-refractivity contribution in [1.82, 2.24) is 0 Å². The van der Waals surface area contributed by atoms with E-state index < -0.39 is 6.10 Å². The number of carbonyl (C=O) groups is 3. The van der Waals surface area contributed by atoms with Crippen LogP contribution in [-0.2, 0) is 28.6 Å². The molecule has 0 aliphatic carbocycles. The monoisotopic (exact) mass is 905 g/mol. The summed E-state index contributed by atoms with van der Waals surface area (Å²) in [5, 5.41) is 0. The highest BCUT2D eigenvalue weighted by molar-refractivity contribution is 5.71. The van der Waals surface area contributed by atoms with E-state index in [1.165, 1.54) is 225 Å². The van der Waals surface area contributed by atoms with Gasteiger partial charge in [0.05, 0.1) is 0 Å². The van der Waals surface area contributed by atoms with Crippen LogP contribution in [0.1, 0.15) is 329 Å². The third-order valence-electron chi connectivity index (χ3n) is 13.7. The van der Waals surface area contributed by atoms with Gasteiger partial charge in [-0.3, -0.25) is 14.4 Å². The molecule has 0 radical (unpaired) electrons. The Labute approximate surface area is 399 Å². The fourth-order valence-electron chi connectivity index (χ4n) is 8.89. The lowest BCUT2D eigenvalue weighted by molar-refractivity contribution is -0.167. The van der Waals surface area contributed by atoms with E-state index in [9.17, 15) is 14.4 Å². The third kappa shape index (κ3) is 49.8. The summed E-state index contributed by atoms with van der Waals surface area (Å²) < 4.78 is 16.8. The predicted molar refractivity (Wildman–Crippen MR) is 275 cm³/mol. The molecule has 380 valence electrons. The van der Waals surface area contributed by atoms with Crippen molar-refractivity contribution >= 4 is 17.9 Å². The van der Waals surface area contributed by atoms with Crippen LogP contribution in [0, 0.1) is 5.92 Å². The SMILES string of the molecule is CCCCCCCCCCCCCCCCCCCCCC(=O)OC[C@@H](COC(=O)CCCCCCCCCCCCCCCCC(C)CC)OC(=O)CCCCCCCCCCC. The second kappa shape index (κ2) is 52.4. The van der Waals surface area contributed by atoms with Gasteiger partial charge in [-0.1, -0.05) is 291 Å². The average molecular weight is 906 g/mol. The van der Waals surface area contributed by atoms with Crippen molar-refractivity contribution < 1.29 is 28.6 Å². The average Bonchev–Trinajstić information content (AvgIpc) is 3.29. The first kappa shape index (κ1) is 62.4. The molecule has 0 fully saturated rings. The summed E-state index contributed by atoms with van der Waals surface area (Å²) in [6.07, 6.45) is 56.7. The lowest BCUT2D eigenvalue weighted by Gasteiger charge is -2.18. The van der Waals surface area contributed by atoms with Crippen LogP contribution >= 0.6 is 0 Å². The van der Waals surface area contributed by atoms with Crippen LogP contribution in [0.25, 0.3) is 0 Å². The normalized spacial score (nSPS) is 12.4. The number of ether oxygens (including phenoxy) is 3. The van der Waals surface area contributed by atoms with Crippen molar-refractivity contribution in [2.75, 3.05) is 13.2 Å². The molecular formula is C58H112O6. The van der Waals surface area contributed by atoms with Gasteiger partial charge >= 0.3 is 17.9 Å². The quantitative estimate of drug-likeness (QED) is 0.0344. The largest absolute Gasteiger partial charge is 0.462 e. The number of rotatable bonds is 53. The molecule has 0 aliphatic heterocycles. The molecule has 0 heterocycles. The molecule has 2 atom stereocenters. The fourth-order valence-corrected chi connectivity index (χ4v) is 8.89. The molecule has 0 bridgehead atoms. The van der Waals surface area contributed by atoms with Crippen molar-refractivity contribution in [1.29, 1.82) is 0 Å². The van der Waals surface area contributed by atoms with Crippen LogP contribution in [0.2, 0.25) is 0 Å². The summed E-state index contributed by atoms with van der Waals surface area (Å²) in [7, 11) is 0. The second-order valence-electron chi connectivity index (χ2n) is 20.2. The second-order valence-corrected chi connectivity index (χ2v) is 20.2. The first-order chi connectivity index (χ1) is 31.4. The van der Waals surface area contributed by atoms with Crippen molar-refractivity contribution in [2.24, 2.45) is 5.92 Å². The molecule has 0 aromatic rings. The van der Waals surface area contributed by atoms with Crippen LogP contribution in [0.5, 0.6) is 0 Å². The van der Waals surface area contributed by atoms with E-state index in [0.29, 0.717) is 19.3 Å². The maximum Gasteiger partial charge on any atom is 0.306 e. The highest BCUT2D eigenvalue weighted by Crippen LogP contribution is 2.18. The zero-order chi connectivity index (χ0) is 46.7. The molecule has 0 rings (SSSR count). The van der Waals surface area contributed by atoms with Gasteiger partial charge < -0.3 is 14.2 Å². The summed E-state index contributed by atoms with van der Waals surface area (Å²) in [5.41, 5.74) is 0. The zero-order valence-electron chi connectivity index (χ0n) is 43.8. The van der Waals surface area contributed by atoms with Crippen LogP contribution in [-0.4, -0.2) is 37.2 Å². The van der Waals surface area contributed by atoms with Crippen molar-refractivity contribution in [2.45, 2.75) is 336 Å². The molecule has 0 aromatic carbocycles. The topological polar surface area (TPSA) is 78.9 Å². The van der Waals surface area contributed by atoms with Gasteiger partial charge in [-0.05, 0) is 25.2 Å². The number of esters is 3. The van der Waals surface area contributed by atoms with Gasteiger partial charge in [0.2, 0.25) is 0 Å². The Morgan fingerprint density at radius 3 is 0.812 bits per heavy atom. The Morgan fingerprint density at radius 1 is 0.312 bits per heavy atom. The Kier molecular flexibility index (Phi) is 51.1. The van der Waals surface area contributed by atoms with Gasteiger partial charge in [-0.2, -0.15) is 0 Å². The Bertz CT molecular complexity index is 966. The molecule has 0 saturated carbocycles. The molecule has 0 saturated heterocycles. The molecule has 6 nitrogen and oxygen atoms in total. The molecule has 0 aromatic heterocycles. The van der Waals surface area contributed by atoms with E-state index in [2.05, 4.69) is 27.7 Å². The number of carbonyl (C=O) groups excluding carboxylic acids is 3. The first-order valence-electron chi connectivity index (χ1n) is 28.9. The van der Waals surface area contributed by atoms with Gasteiger partial charge in [0, 0.05) is 19.3 Å². The highest BCUT2D eigenvalue weighted by atomic mass is 16.6. The van der Waals surface area contributed by atoms with Crippen molar-refractivity contribution in [3.63, 3.8) is 0 Å². The third-order valence-corrected chi connectivity index (χ3v) is 13.7. The summed E-state index contributed by atoms with van der Waals surface area (Å²) in [6.45, 7) is 9.08. The molecule has 1 unspecified atom stereocenters. The maximum atomic E-state index is 12.8. The van der Waals surface area contributed by atoms with Crippen molar-refractivity contribution in [3.05, 3.63) is 0 Å². The van der Waals surface area contributed by atoms with E-state index in [4.69, 9.17) is 14.2 Å². The molecule has 0 N–H and O–H groups in total. The van der Waals surface area contributed by atoms with Crippen LogP contribution in [0.4, 0.5) is 0 Å². The van der Waals surface area contributed by atoms with E-state index in [0.717, 1.165) is 63.7 Å². The van der Waals surface area contributed by atoms with Crippen LogP contribution in [0.15, 0.2) is 0 Å². The van der Waals surface area contributed by atoms with Gasteiger partial charge in [0.25, 0.3) is 0 Å². The molecule has 0 amide bonds. The highest BCUT2D eigenvalue weighted by Gasteiger charge is 2.19. The van der Waals surface area contributed by atoms with E-state index in [1.807, 2.05) is 0 Å². The van der Waals surface area contributed by atoms with Gasteiger partial charge in [-0.25, -0.2) is 0 Å². The van der Waals surface area contributed by atoms with E-state index >= 15 is 0 Å². The minimum atomic E-state index is -0.761. The summed E-state index contributed by atoms with van der Waals surface area (Å²) in [6, 6.07) is 0.